The molecule has 1 spiro atoms. The van der Waals surface area contributed by atoms with Crippen molar-refractivity contribution in [2.24, 2.45) is 11.8 Å². The second-order valence-corrected chi connectivity index (χ2v) is 8.55. The van der Waals surface area contributed by atoms with Crippen LogP contribution >= 0.6 is 0 Å². The molecule has 148 valence electrons. The molecule has 4 atom stereocenters. The van der Waals surface area contributed by atoms with Gasteiger partial charge in [-0.05, 0) is 27.2 Å². The van der Waals surface area contributed by atoms with Gasteiger partial charge in [-0.2, -0.15) is 0 Å². The van der Waals surface area contributed by atoms with Crippen molar-refractivity contribution in [2.45, 2.75) is 51.5 Å². The summed E-state index contributed by atoms with van der Waals surface area (Å²) in [4.78, 5) is 49.4. The van der Waals surface area contributed by atoms with Crippen LogP contribution in [0.1, 0.15) is 30.9 Å². The summed E-state index contributed by atoms with van der Waals surface area (Å²) in [7, 11) is 0. The fourth-order valence-electron chi connectivity index (χ4n) is 5.21. The summed E-state index contributed by atoms with van der Waals surface area (Å²) in [5.74, 6) is -0.506. The lowest BCUT2D eigenvalue weighted by Gasteiger charge is -2.33. The molecule has 0 aromatic carbocycles. The number of likely N-dealkylation sites (tertiary alicyclic amines) is 1. The molecule has 4 aliphatic rings. The number of hydrogen-bond donors (Lipinski definition) is 1. The molecule has 8 heteroatoms. The number of amides is 2. The van der Waals surface area contributed by atoms with Gasteiger partial charge in [0.2, 0.25) is 11.8 Å². The number of nitrogens with one attached hydrogen (secondary N) is 1. The molecule has 28 heavy (non-hydrogen) atoms. The summed E-state index contributed by atoms with van der Waals surface area (Å²) in [6.07, 6.45) is 4.02. The number of H-pyrrole nitrogens is 1. The molecule has 1 aromatic heterocycles. The van der Waals surface area contributed by atoms with E-state index in [0.717, 1.165) is 0 Å². The van der Waals surface area contributed by atoms with Gasteiger partial charge in [0.1, 0.15) is 11.4 Å². The minimum atomic E-state index is -0.675. The number of aryl methyl sites for hydroxylation is 1. The van der Waals surface area contributed by atoms with E-state index in [9.17, 15) is 14.4 Å². The van der Waals surface area contributed by atoms with Crippen LogP contribution in [0.2, 0.25) is 0 Å². The predicted molar refractivity (Wildman–Crippen MR) is 99.3 cm³/mol. The molecule has 8 nitrogen and oxygen atoms in total. The topological polar surface area (TPSA) is 95.6 Å². The maximum absolute atomic E-state index is 13.5. The first-order valence-corrected chi connectivity index (χ1v) is 9.86. The molecule has 0 saturated carbocycles. The predicted octanol–water partition coefficient (Wildman–Crippen LogP) is 0.153. The van der Waals surface area contributed by atoms with E-state index in [1.807, 2.05) is 30.9 Å². The molecule has 5 rings (SSSR count). The zero-order valence-electron chi connectivity index (χ0n) is 16.3. The highest BCUT2D eigenvalue weighted by Gasteiger charge is 2.67. The van der Waals surface area contributed by atoms with Crippen molar-refractivity contribution in [1.82, 2.24) is 19.8 Å². The van der Waals surface area contributed by atoms with E-state index in [1.165, 1.54) is 0 Å². The lowest BCUT2D eigenvalue weighted by molar-refractivity contribution is -0.144. The molecule has 2 amide bonds. The lowest BCUT2D eigenvalue weighted by Crippen LogP contribution is -2.48. The average Bonchev–Trinajstić information content (AvgIpc) is 3.28. The van der Waals surface area contributed by atoms with E-state index in [4.69, 9.17) is 4.74 Å². The van der Waals surface area contributed by atoms with Gasteiger partial charge in [-0.25, -0.2) is 4.98 Å². The van der Waals surface area contributed by atoms with Crippen molar-refractivity contribution in [2.75, 3.05) is 13.1 Å². The third-order valence-electron chi connectivity index (χ3n) is 6.54. The fraction of sp³-hybridized carbons (Fsp3) is 0.600. The highest BCUT2D eigenvalue weighted by Crippen LogP contribution is 2.52. The van der Waals surface area contributed by atoms with Crippen molar-refractivity contribution in [3.05, 3.63) is 39.6 Å². The van der Waals surface area contributed by atoms with E-state index < -0.39 is 17.4 Å². The number of hydrogen-bond acceptors (Lipinski definition) is 5. The molecule has 2 saturated heterocycles. The maximum atomic E-state index is 13.5. The van der Waals surface area contributed by atoms with Crippen LogP contribution in [-0.2, 0) is 27.3 Å². The van der Waals surface area contributed by atoms with Crippen molar-refractivity contribution in [3.63, 3.8) is 0 Å². The number of ether oxygens (including phenoxy) is 1. The molecule has 1 aromatic rings. The Bertz CT molecular complexity index is 967. The minimum Gasteiger partial charge on any atom is -0.360 e. The fourth-order valence-corrected chi connectivity index (χ4v) is 5.21. The van der Waals surface area contributed by atoms with E-state index >= 15 is 0 Å². The van der Waals surface area contributed by atoms with Crippen LogP contribution in [0.4, 0.5) is 0 Å². The van der Waals surface area contributed by atoms with Crippen molar-refractivity contribution in [3.8, 4) is 0 Å². The second kappa shape index (κ2) is 5.76. The molecular weight excluding hydrogens is 360 g/mol. The van der Waals surface area contributed by atoms with Crippen LogP contribution in [-0.4, -0.2) is 62.4 Å². The summed E-state index contributed by atoms with van der Waals surface area (Å²) in [5.41, 5.74) is 0.500. The van der Waals surface area contributed by atoms with Crippen LogP contribution in [0.3, 0.4) is 0 Å². The van der Waals surface area contributed by atoms with Crippen molar-refractivity contribution in [1.29, 1.82) is 0 Å². The Morgan fingerprint density at radius 1 is 1.39 bits per heavy atom. The summed E-state index contributed by atoms with van der Waals surface area (Å²) >= 11 is 0. The Balaban J connectivity index is 1.44. The first-order chi connectivity index (χ1) is 13.3. The number of nitrogens with zero attached hydrogens (tertiary/aromatic N) is 3. The number of carbonyl (C=O) groups excluding carboxylic acids is 2. The molecule has 2 bridgehead atoms. The van der Waals surface area contributed by atoms with E-state index in [-0.39, 0.29) is 29.5 Å². The van der Waals surface area contributed by atoms with E-state index in [2.05, 4.69) is 9.97 Å². The molecule has 5 heterocycles. The second-order valence-electron chi connectivity index (χ2n) is 8.55. The van der Waals surface area contributed by atoms with Crippen molar-refractivity contribution >= 4 is 11.8 Å². The zero-order valence-corrected chi connectivity index (χ0v) is 16.3. The number of carbonyl (C=O) groups is 2. The van der Waals surface area contributed by atoms with Gasteiger partial charge in [0.15, 0.2) is 0 Å². The van der Waals surface area contributed by atoms with Gasteiger partial charge in [-0.15, -0.1) is 0 Å². The maximum Gasteiger partial charge on any atom is 0.254 e. The Hall–Kier alpha value is -2.48. The number of aromatic amines is 1. The smallest absolute Gasteiger partial charge is 0.254 e. The van der Waals surface area contributed by atoms with Gasteiger partial charge in [0.25, 0.3) is 5.56 Å². The minimum absolute atomic E-state index is 0.00280. The van der Waals surface area contributed by atoms with Gasteiger partial charge in [0, 0.05) is 18.2 Å². The number of aromatic nitrogens is 2. The monoisotopic (exact) mass is 384 g/mol. The Morgan fingerprint density at radius 3 is 2.93 bits per heavy atom. The lowest BCUT2D eigenvalue weighted by atomic mass is 9.76. The highest BCUT2D eigenvalue weighted by atomic mass is 16.5. The summed E-state index contributed by atoms with van der Waals surface area (Å²) in [6, 6.07) is 0.0695. The normalized spacial score (nSPS) is 33.0. The third-order valence-corrected chi connectivity index (χ3v) is 6.54. The van der Waals surface area contributed by atoms with Gasteiger partial charge in [-0.1, -0.05) is 12.2 Å². The summed E-state index contributed by atoms with van der Waals surface area (Å²) in [5, 5.41) is 0. The zero-order chi connectivity index (χ0) is 19.8. The SMILES string of the molecule is Cc1nc2c(c(=O)[nH]1)CCN(C(=O)[C@@H]1[C@@H]3C=C[C@]4(CN(C(C)C)C(=O)[C@H]14)O3)C2. The van der Waals surface area contributed by atoms with Crippen LogP contribution in [0.25, 0.3) is 0 Å². The largest absolute Gasteiger partial charge is 0.360 e. The molecular formula is C20H24N4O4. The van der Waals surface area contributed by atoms with Gasteiger partial charge in [0.05, 0.1) is 36.7 Å². The van der Waals surface area contributed by atoms with Crippen molar-refractivity contribution < 1.29 is 14.3 Å². The van der Waals surface area contributed by atoms with E-state index in [0.29, 0.717) is 43.1 Å². The Morgan fingerprint density at radius 2 is 2.18 bits per heavy atom. The van der Waals surface area contributed by atoms with Gasteiger partial charge >= 0.3 is 0 Å². The molecule has 0 unspecified atom stereocenters. The molecule has 4 aliphatic heterocycles. The van der Waals surface area contributed by atoms with Crippen LogP contribution in [0, 0.1) is 18.8 Å². The van der Waals surface area contributed by atoms with Crippen LogP contribution < -0.4 is 5.56 Å². The molecule has 2 fully saturated rings. The summed E-state index contributed by atoms with van der Waals surface area (Å²) in [6.45, 7) is 6.95. The third kappa shape index (κ3) is 2.27. The molecule has 1 N–H and O–H groups in total. The Kier molecular flexibility index (Phi) is 3.62. The highest BCUT2D eigenvalue weighted by molar-refractivity contribution is 5.93. The quantitative estimate of drug-likeness (QED) is 0.733. The van der Waals surface area contributed by atoms with Gasteiger partial charge in [-0.3, -0.25) is 14.4 Å². The van der Waals surface area contributed by atoms with Gasteiger partial charge < -0.3 is 19.5 Å². The van der Waals surface area contributed by atoms with Crippen LogP contribution in [0.15, 0.2) is 16.9 Å². The first kappa shape index (κ1) is 17.6. The first-order valence-electron chi connectivity index (χ1n) is 9.86. The standard InChI is InChI=1S/C20H24N4O4/c1-10(2)24-9-20-6-4-14(28-20)15(16(20)19(24)27)18(26)23-7-5-12-13(8-23)21-11(3)22-17(12)25/h4,6,10,14-16H,5,7-9H2,1-3H3,(H,21,22,25)/t14-,15+,16-,20+/m0/s1. The molecule has 0 radical (unpaired) electrons. The van der Waals surface area contributed by atoms with Crippen LogP contribution in [0.5, 0.6) is 0 Å². The summed E-state index contributed by atoms with van der Waals surface area (Å²) < 4.78 is 6.18. The number of rotatable bonds is 2. The average molecular weight is 384 g/mol. The Labute approximate surface area is 162 Å². The van der Waals surface area contributed by atoms with E-state index in [1.54, 1.807) is 11.8 Å². The number of fused-ring (bicyclic) bond motifs is 2. The molecule has 0 aliphatic carbocycles.